The lowest BCUT2D eigenvalue weighted by atomic mass is 10.1. The Morgan fingerprint density at radius 1 is 1.32 bits per heavy atom. The molecule has 5 nitrogen and oxygen atoms in total. The van der Waals surface area contributed by atoms with Crippen LogP contribution >= 0.6 is 0 Å². The van der Waals surface area contributed by atoms with Gasteiger partial charge in [0.25, 0.3) is 0 Å². The van der Waals surface area contributed by atoms with Gasteiger partial charge >= 0.3 is 6.03 Å². The van der Waals surface area contributed by atoms with Gasteiger partial charge in [0.15, 0.2) is 0 Å². The molecule has 2 N–H and O–H groups in total. The van der Waals surface area contributed by atoms with Crippen LogP contribution in [0.4, 0.5) is 4.79 Å². The lowest BCUT2D eigenvalue weighted by molar-refractivity contribution is 0.0439. The van der Waals surface area contributed by atoms with Crippen LogP contribution in [0.3, 0.4) is 0 Å². The monoisotopic (exact) mass is 270 g/mol. The summed E-state index contributed by atoms with van der Waals surface area (Å²) in [5.74, 6) is 0. The van der Waals surface area contributed by atoms with Crippen molar-refractivity contribution in [2.45, 2.75) is 63.6 Å². The predicted octanol–water partition coefficient (Wildman–Crippen LogP) is 1.50. The molecule has 0 aromatic heterocycles. The Labute approximate surface area is 115 Å². The van der Waals surface area contributed by atoms with Crippen LogP contribution in [0.5, 0.6) is 0 Å². The van der Waals surface area contributed by atoms with Crippen LogP contribution in [-0.2, 0) is 4.74 Å². The molecule has 5 heteroatoms. The summed E-state index contributed by atoms with van der Waals surface area (Å²) in [4.78, 5) is 14.1. The number of carbonyl (C=O) groups is 1. The number of amides is 2. The van der Waals surface area contributed by atoms with Crippen molar-refractivity contribution in [3.05, 3.63) is 0 Å². The Morgan fingerprint density at radius 2 is 2.05 bits per heavy atom. The average Bonchev–Trinajstić information content (AvgIpc) is 3.12. The molecule has 110 valence electrons. The summed E-state index contributed by atoms with van der Waals surface area (Å²) in [5.41, 5.74) is -0.841. The summed E-state index contributed by atoms with van der Waals surface area (Å²) >= 11 is 0. The highest BCUT2D eigenvalue weighted by Gasteiger charge is 2.36. The highest BCUT2D eigenvalue weighted by Crippen LogP contribution is 2.28. The number of rotatable bonds is 4. The highest BCUT2D eigenvalue weighted by molar-refractivity contribution is 5.75. The first kappa shape index (κ1) is 14.6. The summed E-state index contributed by atoms with van der Waals surface area (Å²) in [6.07, 6.45) is 4.97. The van der Waals surface area contributed by atoms with Crippen molar-refractivity contribution in [1.82, 2.24) is 10.2 Å². The lowest BCUT2D eigenvalue weighted by Gasteiger charge is -2.30. The fourth-order valence-electron chi connectivity index (χ4n) is 2.48. The van der Waals surface area contributed by atoms with Crippen molar-refractivity contribution in [3.63, 3.8) is 0 Å². The van der Waals surface area contributed by atoms with E-state index in [1.54, 1.807) is 18.7 Å². The minimum atomic E-state index is -0.841. The first-order valence-corrected chi connectivity index (χ1v) is 7.33. The predicted molar refractivity (Wildman–Crippen MR) is 73.0 cm³/mol. The Hall–Kier alpha value is -0.810. The van der Waals surface area contributed by atoms with Gasteiger partial charge in [0.1, 0.15) is 0 Å². The fraction of sp³-hybridized carbons (Fsp3) is 0.929. The Bertz CT molecular complexity index is 302. The van der Waals surface area contributed by atoms with Gasteiger partial charge in [0.05, 0.1) is 12.1 Å². The van der Waals surface area contributed by atoms with E-state index in [0.717, 1.165) is 45.3 Å². The van der Waals surface area contributed by atoms with Crippen LogP contribution < -0.4 is 5.32 Å². The quantitative estimate of drug-likeness (QED) is 0.814. The van der Waals surface area contributed by atoms with Gasteiger partial charge in [-0.15, -0.1) is 0 Å². The molecule has 1 atom stereocenters. The summed E-state index contributed by atoms with van der Waals surface area (Å²) in [7, 11) is 0. The summed E-state index contributed by atoms with van der Waals surface area (Å²) in [6.45, 7) is 5.40. The third-order valence-electron chi connectivity index (χ3n) is 3.59. The Balaban J connectivity index is 1.87. The van der Waals surface area contributed by atoms with Crippen LogP contribution in [0, 0.1) is 0 Å². The molecule has 0 spiro atoms. The van der Waals surface area contributed by atoms with Gasteiger partial charge in [0, 0.05) is 25.3 Å². The fourth-order valence-corrected chi connectivity index (χ4v) is 2.48. The van der Waals surface area contributed by atoms with Crippen LogP contribution in [-0.4, -0.2) is 53.5 Å². The summed E-state index contributed by atoms with van der Waals surface area (Å²) < 4.78 is 5.40. The number of hydrogen-bond donors (Lipinski definition) is 2. The van der Waals surface area contributed by atoms with E-state index in [1.807, 2.05) is 0 Å². The van der Waals surface area contributed by atoms with E-state index in [-0.39, 0.29) is 12.1 Å². The van der Waals surface area contributed by atoms with E-state index in [2.05, 4.69) is 5.32 Å². The molecule has 0 aromatic rings. The van der Waals surface area contributed by atoms with E-state index in [1.165, 1.54) is 0 Å². The third kappa shape index (κ3) is 4.99. The van der Waals surface area contributed by atoms with Crippen molar-refractivity contribution < 1.29 is 14.6 Å². The molecular formula is C14H26N2O3. The molecule has 0 unspecified atom stereocenters. The Morgan fingerprint density at radius 3 is 2.68 bits per heavy atom. The SMILES string of the molecule is CC(C)(O)CN(C(=O)N[C@@H]1CCCOCC1)C1CC1. The van der Waals surface area contributed by atoms with Gasteiger partial charge in [-0.1, -0.05) is 0 Å². The maximum Gasteiger partial charge on any atom is 0.317 e. The maximum atomic E-state index is 12.3. The van der Waals surface area contributed by atoms with Crippen molar-refractivity contribution in [2.75, 3.05) is 19.8 Å². The van der Waals surface area contributed by atoms with E-state index in [4.69, 9.17) is 4.74 Å². The van der Waals surface area contributed by atoms with Gasteiger partial charge in [-0.3, -0.25) is 0 Å². The average molecular weight is 270 g/mol. The highest BCUT2D eigenvalue weighted by atomic mass is 16.5. The van der Waals surface area contributed by atoms with Crippen molar-refractivity contribution >= 4 is 6.03 Å². The zero-order valence-corrected chi connectivity index (χ0v) is 12.0. The van der Waals surface area contributed by atoms with Gasteiger partial charge in [-0.05, 0) is 46.0 Å². The maximum absolute atomic E-state index is 12.3. The molecule has 2 rings (SSSR count). The molecule has 19 heavy (non-hydrogen) atoms. The standard InChI is InChI=1S/C14H26N2O3/c1-14(2,18)10-16(12-5-6-12)13(17)15-11-4-3-8-19-9-7-11/h11-12,18H,3-10H2,1-2H3,(H,15,17)/t11-/m1/s1. The smallest absolute Gasteiger partial charge is 0.317 e. The van der Waals surface area contributed by atoms with Gasteiger partial charge in [-0.2, -0.15) is 0 Å². The zero-order chi connectivity index (χ0) is 13.9. The molecule has 1 aliphatic carbocycles. The van der Waals surface area contributed by atoms with Gasteiger partial charge in [0.2, 0.25) is 0 Å². The minimum absolute atomic E-state index is 0.0310. The molecule has 2 aliphatic rings. The number of aliphatic hydroxyl groups is 1. The van der Waals surface area contributed by atoms with Crippen LogP contribution in [0.1, 0.15) is 46.0 Å². The summed E-state index contributed by atoms with van der Waals surface area (Å²) in [6, 6.07) is 0.489. The molecule has 1 heterocycles. The number of hydrogen-bond acceptors (Lipinski definition) is 3. The largest absolute Gasteiger partial charge is 0.389 e. The van der Waals surface area contributed by atoms with E-state index >= 15 is 0 Å². The summed E-state index contributed by atoms with van der Waals surface area (Å²) in [5, 5.41) is 13.0. The lowest BCUT2D eigenvalue weighted by Crippen LogP contribution is -2.50. The molecule has 0 radical (unpaired) electrons. The van der Waals surface area contributed by atoms with Crippen molar-refractivity contribution in [2.24, 2.45) is 0 Å². The number of carbonyl (C=O) groups excluding carboxylic acids is 1. The molecule has 1 aliphatic heterocycles. The molecule has 2 fully saturated rings. The van der Waals surface area contributed by atoms with Crippen LogP contribution in [0.2, 0.25) is 0 Å². The molecule has 0 bridgehead atoms. The first-order valence-electron chi connectivity index (χ1n) is 7.33. The number of nitrogens with one attached hydrogen (secondary N) is 1. The second kappa shape index (κ2) is 6.09. The molecular weight excluding hydrogens is 244 g/mol. The normalized spacial score (nSPS) is 24.7. The second-order valence-electron chi connectivity index (χ2n) is 6.36. The molecule has 2 amide bonds. The van der Waals surface area contributed by atoms with Crippen LogP contribution in [0.25, 0.3) is 0 Å². The van der Waals surface area contributed by atoms with Crippen LogP contribution in [0.15, 0.2) is 0 Å². The first-order chi connectivity index (χ1) is 8.96. The van der Waals surface area contributed by atoms with Gasteiger partial charge < -0.3 is 20.1 Å². The minimum Gasteiger partial charge on any atom is -0.389 e. The molecule has 1 saturated carbocycles. The molecule has 0 aromatic carbocycles. The van der Waals surface area contributed by atoms with Crippen molar-refractivity contribution in [3.8, 4) is 0 Å². The number of nitrogens with zero attached hydrogens (tertiary/aromatic N) is 1. The zero-order valence-electron chi connectivity index (χ0n) is 12.0. The number of urea groups is 1. The van der Waals surface area contributed by atoms with E-state index in [0.29, 0.717) is 12.6 Å². The Kier molecular flexibility index (Phi) is 4.68. The molecule has 1 saturated heterocycles. The number of ether oxygens (including phenoxy) is 1. The third-order valence-corrected chi connectivity index (χ3v) is 3.59. The topological polar surface area (TPSA) is 61.8 Å². The van der Waals surface area contributed by atoms with Gasteiger partial charge in [-0.25, -0.2) is 4.79 Å². The van der Waals surface area contributed by atoms with E-state index in [9.17, 15) is 9.90 Å². The second-order valence-corrected chi connectivity index (χ2v) is 6.36. The van der Waals surface area contributed by atoms with E-state index < -0.39 is 5.60 Å². The van der Waals surface area contributed by atoms with Crippen molar-refractivity contribution in [1.29, 1.82) is 0 Å².